The second-order valence-corrected chi connectivity index (χ2v) is 2.29. The first-order valence-corrected chi connectivity index (χ1v) is 3.40. The van der Waals surface area contributed by atoms with Crippen LogP contribution in [0.2, 0.25) is 0 Å². The minimum absolute atomic E-state index is 0.227. The molecule has 0 bridgehead atoms. The van der Waals surface area contributed by atoms with Gasteiger partial charge >= 0.3 is 0 Å². The number of carbonyl (C=O) groups excluding carboxylic acids is 1. The minimum Gasteiger partial charge on any atom is -0.369 e. The summed E-state index contributed by atoms with van der Waals surface area (Å²) in [6.07, 6.45) is 3.70. The Morgan fingerprint density at radius 2 is 2.55 bits per heavy atom. The van der Waals surface area contributed by atoms with Crippen LogP contribution in [0.15, 0.2) is 18.5 Å². The first-order chi connectivity index (χ1) is 5.29. The number of hydrogen-bond donors (Lipinski definition) is 3. The summed E-state index contributed by atoms with van der Waals surface area (Å²) in [6.45, 7) is 0.900. The van der Waals surface area contributed by atoms with Gasteiger partial charge in [0.15, 0.2) is 0 Å². The Balaban J connectivity index is 2.19. The molecule has 4 heteroatoms. The molecule has 4 nitrogen and oxygen atoms in total. The SMILES string of the molecule is NC(=O)CNCc1cc[nH]c1. The maximum atomic E-state index is 10.3. The second-order valence-electron chi connectivity index (χ2n) is 2.29. The molecule has 0 aromatic carbocycles. The first-order valence-electron chi connectivity index (χ1n) is 3.40. The van der Waals surface area contributed by atoms with Crippen molar-refractivity contribution in [3.05, 3.63) is 24.0 Å². The number of nitrogens with one attached hydrogen (secondary N) is 2. The lowest BCUT2D eigenvalue weighted by Gasteiger charge is -1.97. The molecule has 1 rings (SSSR count). The number of amides is 1. The van der Waals surface area contributed by atoms with Crippen LogP contribution in [0.4, 0.5) is 0 Å². The summed E-state index contributed by atoms with van der Waals surface area (Å²) in [5, 5.41) is 2.89. The quantitative estimate of drug-likeness (QED) is 0.550. The first kappa shape index (κ1) is 7.81. The zero-order valence-corrected chi connectivity index (χ0v) is 6.13. The van der Waals surface area contributed by atoms with Crippen molar-refractivity contribution in [2.45, 2.75) is 6.54 Å². The molecule has 0 atom stereocenters. The molecule has 0 saturated heterocycles. The fraction of sp³-hybridized carbons (Fsp3) is 0.286. The zero-order valence-electron chi connectivity index (χ0n) is 6.13. The van der Waals surface area contributed by atoms with Gasteiger partial charge in [-0.15, -0.1) is 0 Å². The summed E-state index contributed by atoms with van der Waals surface area (Å²) in [5.74, 6) is -0.333. The van der Waals surface area contributed by atoms with E-state index in [2.05, 4.69) is 10.3 Å². The zero-order chi connectivity index (χ0) is 8.10. The number of carbonyl (C=O) groups is 1. The summed E-state index contributed by atoms with van der Waals surface area (Å²) in [6, 6.07) is 1.94. The van der Waals surface area contributed by atoms with E-state index in [1.807, 2.05) is 18.5 Å². The standard InChI is InChI=1S/C7H11N3O/c8-7(11)5-10-4-6-1-2-9-3-6/h1-3,9-10H,4-5H2,(H2,8,11). The van der Waals surface area contributed by atoms with E-state index in [0.29, 0.717) is 6.54 Å². The molecule has 0 aliphatic heterocycles. The summed E-state index contributed by atoms with van der Waals surface area (Å²) in [5.41, 5.74) is 6.04. The van der Waals surface area contributed by atoms with E-state index >= 15 is 0 Å². The number of aromatic nitrogens is 1. The highest BCUT2D eigenvalue weighted by Crippen LogP contribution is 1.93. The number of hydrogen-bond acceptors (Lipinski definition) is 2. The largest absolute Gasteiger partial charge is 0.369 e. The van der Waals surface area contributed by atoms with Crippen molar-refractivity contribution in [3.8, 4) is 0 Å². The molecule has 1 aromatic rings. The molecular weight excluding hydrogens is 142 g/mol. The molecule has 0 unspecified atom stereocenters. The smallest absolute Gasteiger partial charge is 0.231 e. The van der Waals surface area contributed by atoms with Gasteiger partial charge in [-0.1, -0.05) is 0 Å². The molecule has 0 radical (unpaired) electrons. The lowest BCUT2D eigenvalue weighted by atomic mass is 10.3. The van der Waals surface area contributed by atoms with E-state index in [4.69, 9.17) is 5.73 Å². The predicted octanol–water partition coefficient (Wildman–Crippen LogP) is -0.410. The van der Waals surface area contributed by atoms with Crippen LogP contribution in [0.1, 0.15) is 5.56 Å². The molecular formula is C7H11N3O. The van der Waals surface area contributed by atoms with Crippen molar-refractivity contribution >= 4 is 5.91 Å². The Morgan fingerprint density at radius 3 is 3.09 bits per heavy atom. The Labute approximate surface area is 64.8 Å². The highest BCUT2D eigenvalue weighted by Gasteiger charge is 1.93. The average Bonchev–Trinajstić information content (AvgIpc) is 2.39. The fourth-order valence-electron chi connectivity index (χ4n) is 0.798. The van der Waals surface area contributed by atoms with E-state index in [1.165, 1.54) is 0 Å². The van der Waals surface area contributed by atoms with E-state index in [1.54, 1.807) is 0 Å². The van der Waals surface area contributed by atoms with Crippen LogP contribution in [0.5, 0.6) is 0 Å². The third-order valence-electron chi connectivity index (χ3n) is 1.29. The molecule has 0 spiro atoms. The lowest BCUT2D eigenvalue weighted by molar-refractivity contribution is -0.117. The van der Waals surface area contributed by atoms with Gasteiger partial charge in [-0.05, 0) is 11.6 Å². The number of rotatable bonds is 4. The normalized spacial score (nSPS) is 9.82. The molecule has 1 amide bonds. The van der Waals surface area contributed by atoms with E-state index < -0.39 is 0 Å². The van der Waals surface area contributed by atoms with Gasteiger partial charge in [0.05, 0.1) is 6.54 Å². The van der Waals surface area contributed by atoms with Crippen LogP contribution in [0.25, 0.3) is 0 Å². The summed E-state index contributed by atoms with van der Waals surface area (Å²) >= 11 is 0. The molecule has 60 valence electrons. The fourth-order valence-corrected chi connectivity index (χ4v) is 0.798. The number of nitrogens with two attached hydrogens (primary N) is 1. The molecule has 0 saturated carbocycles. The Bertz CT molecular complexity index is 218. The number of aromatic amines is 1. The van der Waals surface area contributed by atoms with Gasteiger partial charge in [-0.2, -0.15) is 0 Å². The maximum Gasteiger partial charge on any atom is 0.231 e. The third kappa shape index (κ3) is 2.86. The van der Waals surface area contributed by atoms with Gasteiger partial charge in [0.1, 0.15) is 0 Å². The molecule has 0 fully saturated rings. The van der Waals surface area contributed by atoms with Crippen molar-refractivity contribution in [3.63, 3.8) is 0 Å². The number of primary amides is 1. The van der Waals surface area contributed by atoms with Crippen LogP contribution in [-0.4, -0.2) is 17.4 Å². The van der Waals surface area contributed by atoms with Gasteiger partial charge in [-0.25, -0.2) is 0 Å². The van der Waals surface area contributed by atoms with Crippen LogP contribution in [0, 0.1) is 0 Å². The van der Waals surface area contributed by atoms with Crippen molar-refractivity contribution in [2.24, 2.45) is 5.73 Å². The second kappa shape index (κ2) is 3.78. The van der Waals surface area contributed by atoms with Crippen molar-refractivity contribution in [1.82, 2.24) is 10.3 Å². The van der Waals surface area contributed by atoms with Gasteiger partial charge in [0.25, 0.3) is 0 Å². The summed E-state index contributed by atoms with van der Waals surface area (Å²) < 4.78 is 0. The summed E-state index contributed by atoms with van der Waals surface area (Å²) in [4.78, 5) is 13.2. The molecule has 1 aromatic heterocycles. The number of H-pyrrole nitrogens is 1. The monoisotopic (exact) mass is 153 g/mol. The molecule has 0 aliphatic rings. The molecule has 1 heterocycles. The molecule has 11 heavy (non-hydrogen) atoms. The highest BCUT2D eigenvalue weighted by molar-refractivity contribution is 5.75. The van der Waals surface area contributed by atoms with E-state index in [0.717, 1.165) is 5.56 Å². The van der Waals surface area contributed by atoms with Crippen LogP contribution >= 0.6 is 0 Å². The van der Waals surface area contributed by atoms with Crippen molar-refractivity contribution in [1.29, 1.82) is 0 Å². The maximum absolute atomic E-state index is 10.3. The molecule has 0 aliphatic carbocycles. The topological polar surface area (TPSA) is 70.9 Å². The van der Waals surface area contributed by atoms with Crippen molar-refractivity contribution in [2.75, 3.05) is 6.54 Å². The lowest BCUT2D eigenvalue weighted by Crippen LogP contribution is -2.27. The highest BCUT2D eigenvalue weighted by atomic mass is 16.1. The van der Waals surface area contributed by atoms with E-state index in [-0.39, 0.29) is 12.5 Å². The Hall–Kier alpha value is -1.29. The van der Waals surface area contributed by atoms with Crippen LogP contribution in [-0.2, 0) is 11.3 Å². The predicted molar refractivity (Wildman–Crippen MR) is 41.7 cm³/mol. The van der Waals surface area contributed by atoms with Gasteiger partial charge in [0, 0.05) is 18.9 Å². The van der Waals surface area contributed by atoms with Crippen molar-refractivity contribution < 1.29 is 4.79 Å². The third-order valence-corrected chi connectivity index (χ3v) is 1.29. The minimum atomic E-state index is -0.333. The van der Waals surface area contributed by atoms with Gasteiger partial charge in [0.2, 0.25) is 5.91 Å². The Morgan fingerprint density at radius 1 is 1.73 bits per heavy atom. The van der Waals surface area contributed by atoms with Crippen LogP contribution < -0.4 is 11.1 Å². The van der Waals surface area contributed by atoms with E-state index in [9.17, 15) is 4.79 Å². The van der Waals surface area contributed by atoms with Gasteiger partial charge < -0.3 is 16.0 Å². The molecule has 4 N–H and O–H groups in total. The summed E-state index contributed by atoms with van der Waals surface area (Å²) in [7, 11) is 0. The average molecular weight is 153 g/mol. The van der Waals surface area contributed by atoms with Crippen LogP contribution in [0.3, 0.4) is 0 Å². The Kier molecular flexibility index (Phi) is 2.68. The van der Waals surface area contributed by atoms with Gasteiger partial charge in [-0.3, -0.25) is 4.79 Å².